The van der Waals surface area contributed by atoms with Gasteiger partial charge in [0.05, 0.1) is 7.05 Å². The average molecular weight is 327 g/mol. The van der Waals surface area contributed by atoms with E-state index in [1.54, 1.807) is 0 Å². The standard InChI is InChI=1S/C19H22N2O3/c1-14-5-3-4-6-16(14)11-21(2)12-19(22)20-10-15-7-8-17-18(9-15)24-13-23-17/h3-9H,10-13H2,1-2H3,(H,20,22)/p+1. The predicted molar refractivity (Wildman–Crippen MR) is 91.0 cm³/mol. The summed E-state index contributed by atoms with van der Waals surface area (Å²) in [4.78, 5) is 13.3. The van der Waals surface area contributed by atoms with E-state index >= 15 is 0 Å². The molecule has 1 aliphatic heterocycles. The van der Waals surface area contributed by atoms with Crippen LogP contribution in [-0.4, -0.2) is 26.3 Å². The molecule has 1 heterocycles. The number of quaternary nitrogens is 1. The first-order chi connectivity index (χ1) is 11.6. The second-order valence-electron chi connectivity index (χ2n) is 6.20. The van der Waals surface area contributed by atoms with Crippen molar-refractivity contribution in [3.8, 4) is 11.5 Å². The summed E-state index contributed by atoms with van der Waals surface area (Å²) in [6.45, 7) is 4.14. The molecule has 2 aromatic rings. The van der Waals surface area contributed by atoms with Crippen LogP contribution in [0.3, 0.4) is 0 Å². The van der Waals surface area contributed by atoms with E-state index in [2.05, 4.69) is 24.4 Å². The summed E-state index contributed by atoms with van der Waals surface area (Å²) >= 11 is 0. The molecule has 0 saturated heterocycles. The number of nitrogens with one attached hydrogen (secondary N) is 2. The molecule has 1 atom stereocenters. The fraction of sp³-hybridized carbons (Fsp3) is 0.316. The van der Waals surface area contributed by atoms with E-state index < -0.39 is 0 Å². The molecule has 0 saturated carbocycles. The van der Waals surface area contributed by atoms with Crippen molar-refractivity contribution in [3.63, 3.8) is 0 Å². The van der Waals surface area contributed by atoms with Gasteiger partial charge in [-0.2, -0.15) is 0 Å². The fourth-order valence-corrected chi connectivity index (χ4v) is 2.78. The number of ether oxygens (including phenoxy) is 2. The zero-order chi connectivity index (χ0) is 16.9. The highest BCUT2D eigenvalue weighted by Crippen LogP contribution is 2.32. The maximum Gasteiger partial charge on any atom is 0.275 e. The van der Waals surface area contributed by atoms with E-state index in [-0.39, 0.29) is 12.7 Å². The second kappa shape index (κ2) is 7.36. The molecule has 1 amide bonds. The van der Waals surface area contributed by atoms with Crippen molar-refractivity contribution >= 4 is 5.91 Å². The number of carbonyl (C=O) groups is 1. The zero-order valence-corrected chi connectivity index (χ0v) is 14.1. The Morgan fingerprint density at radius 1 is 1.17 bits per heavy atom. The number of carbonyl (C=O) groups excluding carboxylic acids is 1. The Hall–Kier alpha value is -2.53. The van der Waals surface area contributed by atoms with E-state index in [0.29, 0.717) is 13.1 Å². The Morgan fingerprint density at radius 3 is 2.79 bits per heavy atom. The molecular formula is C19H23N2O3+. The Kier molecular flexibility index (Phi) is 5.01. The lowest BCUT2D eigenvalue weighted by molar-refractivity contribution is -0.885. The first kappa shape index (κ1) is 16.3. The van der Waals surface area contributed by atoms with Crippen LogP contribution in [0, 0.1) is 6.92 Å². The molecule has 0 fully saturated rings. The average Bonchev–Trinajstić information content (AvgIpc) is 3.02. The van der Waals surface area contributed by atoms with E-state index in [9.17, 15) is 4.79 Å². The Morgan fingerprint density at radius 2 is 1.96 bits per heavy atom. The molecule has 24 heavy (non-hydrogen) atoms. The first-order valence-electron chi connectivity index (χ1n) is 8.13. The van der Waals surface area contributed by atoms with Crippen LogP contribution >= 0.6 is 0 Å². The molecule has 5 heteroatoms. The van der Waals surface area contributed by atoms with Crippen molar-refractivity contribution < 1.29 is 19.2 Å². The molecule has 0 aromatic heterocycles. The summed E-state index contributed by atoms with van der Waals surface area (Å²) in [6, 6.07) is 14.0. The van der Waals surface area contributed by atoms with Gasteiger partial charge in [0.15, 0.2) is 18.0 Å². The van der Waals surface area contributed by atoms with Gasteiger partial charge in [-0.05, 0) is 30.2 Å². The van der Waals surface area contributed by atoms with Gasteiger partial charge >= 0.3 is 0 Å². The fourth-order valence-electron chi connectivity index (χ4n) is 2.78. The van der Waals surface area contributed by atoms with Crippen molar-refractivity contribution in [1.29, 1.82) is 0 Å². The van der Waals surface area contributed by atoms with Crippen molar-refractivity contribution in [2.45, 2.75) is 20.0 Å². The van der Waals surface area contributed by atoms with Gasteiger partial charge < -0.3 is 19.7 Å². The Labute approximate surface area is 142 Å². The number of benzene rings is 2. The van der Waals surface area contributed by atoms with Crippen molar-refractivity contribution in [2.24, 2.45) is 0 Å². The molecule has 3 rings (SSSR count). The van der Waals surface area contributed by atoms with E-state index in [4.69, 9.17) is 9.47 Å². The van der Waals surface area contributed by atoms with Gasteiger partial charge in [0.25, 0.3) is 5.91 Å². The van der Waals surface area contributed by atoms with E-state index in [1.807, 2.05) is 37.4 Å². The summed E-state index contributed by atoms with van der Waals surface area (Å²) in [5.74, 6) is 1.54. The minimum Gasteiger partial charge on any atom is -0.454 e. The number of hydrogen-bond donors (Lipinski definition) is 2. The smallest absolute Gasteiger partial charge is 0.275 e. The molecule has 2 N–H and O–H groups in total. The van der Waals surface area contributed by atoms with Gasteiger partial charge in [-0.25, -0.2) is 0 Å². The molecule has 0 spiro atoms. The molecular weight excluding hydrogens is 304 g/mol. The summed E-state index contributed by atoms with van der Waals surface area (Å²) in [7, 11) is 2.03. The summed E-state index contributed by atoms with van der Waals surface area (Å²) in [5, 5.41) is 2.97. The Balaban J connectivity index is 1.48. The molecule has 0 radical (unpaired) electrons. The number of hydrogen-bond acceptors (Lipinski definition) is 3. The number of amides is 1. The lowest BCUT2D eigenvalue weighted by atomic mass is 10.1. The van der Waals surface area contributed by atoms with Crippen molar-refractivity contribution in [3.05, 3.63) is 59.2 Å². The van der Waals surface area contributed by atoms with E-state index in [0.717, 1.165) is 28.5 Å². The summed E-state index contributed by atoms with van der Waals surface area (Å²) in [6.07, 6.45) is 0. The Bertz CT molecular complexity index is 730. The number of likely N-dealkylation sites (N-methyl/N-ethyl adjacent to an activating group) is 1. The van der Waals surface area contributed by atoms with Crippen LogP contribution in [0.25, 0.3) is 0 Å². The van der Waals surface area contributed by atoms with Gasteiger partial charge in [0, 0.05) is 12.1 Å². The normalized spacial score (nSPS) is 13.6. The minimum atomic E-state index is 0.0405. The van der Waals surface area contributed by atoms with Gasteiger partial charge in [-0.1, -0.05) is 30.3 Å². The third-order valence-electron chi connectivity index (χ3n) is 4.14. The highest BCUT2D eigenvalue weighted by atomic mass is 16.7. The van der Waals surface area contributed by atoms with Crippen LogP contribution in [0.2, 0.25) is 0 Å². The lowest BCUT2D eigenvalue weighted by Crippen LogP contribution is -3.08. The van der Waals surface area contributed by atoms with Crippen LogP contribution in [-0.2, 0) is 17.9 Å². The van der Waals surface area contributed by atoms with Crippen LogP contribution < -0.4 is 19.7 Å². The third-order valence-corrected chi connectivity index (χ3v) is 4.14. The predicted octanol–water partition coefficient (Wildman–Crippen LogP) is 1.05. The molecule has 0 bridgehead atoms. The van der Waals surface area contributed by atoms with Gasteiger partial charge in [0.1, 0.15) is 6.54 Å². The quantitative estimate of drug-likeness (QED) is 0.834. The number of aryl methyl sites for hydroxylation is 1. The zero-order valence-electron chi connectivity index (χ0n) is 14.1. The number of rotatable bonds is 6. The largest absolute Gasteiger partial charge is 0.454 e. The van der Waals surface area contributed by atoms with Crippen molar-refractivity contribution in [2.75, 3.05) is 20.4 Å². The topological polar surface area (TPSA) is 52.0 Å². The number of fused-ring (bicyclic) bond motifs is 1. The highest BCUT2D eigenvalue weighted by Gasteiger charge is 2.14. The maximum atomic E-state index is 12.1. The SMILES string of the molecule is Cc1ccccc1C[NH+](C)CC(=O)NCc1ccc2c(c1)OCO2. The van der Waals surface area contributed by atoms with Gasteiger partial charge in [0.2, 0.25) is 6.79 Å². The van der Waals surface area contributed by atoms with Crippen LogP contribution in [0.4, 0.5) is 0 Å². The van der Waals surface area contributed by atoms with Gasteiger partial charge in [-0.3, -0.25) is 4.79 Å². The van der Waals surface area contributed by atoms with Crippen LogP contribution in [0.15, 0.2) is 42.5 Å². The monoisotopic (exact) mass is 327 g/mol. The first-order valence-corrected chi connectivity index (χ1v) is 8.13. The van der Waals surface area contributed by atoms with E-state index in [1.165, 1.54) is 11.1 Å². The summed E-state index contributed by atoms with van der Waals surface area (Å²) in [5.41, 5.74) is 3.54. The highest BCUT2D eigenvalue weighted by molar-refractivity contribution is 5.76. The van der Waals surface area contributed by atoms with Crippen LogP contribution in [0.1, 0.15) is 16.7 Å². The second-order valence-corrected chi connectivity index (χ2v) is 6.20. The van der Waals surface area contributed by atoms with Crippen LogP contribution in [0.5, 0.6) is 11.5 Å². The van der Waals surface area contributed by atoms with Gasteiger partial charge in [-0.15, -0.1) is 0 Å². The summed E-state index contributed by atoms with van der Waals surface area (Å²) < 4.78 is 10.6. The molecule has 5 nitrogen and oxygen atoms in total. The molecule has 1 aliphatic rings. The lowest BCUT2D eigenvalue weighted by Gasteiger charge is -2.15. The molecule has 0 aliphatic carbocycles. The third kappa shape index (κ3) is 4.06. The molecule has 2 aromatic carbocycles. The molecule has 1 unspecified atom stereocenters. The molecule has 126 valence electrons. The minimum absolute atomic E-state index is 0.0405. The maximum absolute atomic E-state index is 12.1. The van der Waals surface area contributed by atoms with Crippen molar-refractivity contribution in [1.82, 2.24) is 5.32 Å².